The Balaban J connectivity index is 2.16. The molecule has 0 fully saturated rings. The summed E-state index contributed by atoms with van der Waals surface area (Å²) in [5.41, 5.74) is 3.28. The van der Waals surface area contributed by atoms with Crippen molar-refractivity contribution in [2.45, 2.75) is 20.8 Å². The van der Waals surface area contributed by atoms with Crippen LogP contribution in [0.2, 0.25) is 10.0 Å². The van der Waals surface area contributed by atoms with E-state index in [2.05, 4.69) is 5.32 Å². The molecule has 0 saturated heterocycles. The Hall–Kier alpha value is -2.04. The van der Waals surface area contributed by atoms with E-state index >= 15 is 0 Å². The lowest BCUT2D eigenvalue weighted by Gasteiger charge is -2.21. The summed E-state index contributed by atoms with van der Waals surface area (Å²) in [6, 6.07) is 10.6. The minimum atomic E-state index is -0.317. The number of aryl methyl sites for hydroxylation is 2. The summed E-state index contributed by atoms with van der Waals surface area (Å²) >= 11 is 11.8. The van der Waals surface area contributed by atoms with Crippen molar-refractivity contribution in [1.29, 1.82) is 0 Å². The monoisotopic (exact) mass is 364 g/mol. The van der Waals surface area contributed by atoms with Gasteiger partial charge in [-0.3, -0.25) is 9.59 Å². The van der Waals surface area contributed by atoms with Gasteiger partial charge in [-0.1, -0.05) is 29.3 Å². The number of nitrogens with one attached hydrogen (secondary N) is 1. The first-order valence-electron chi connectivity index (χ1n) is 7.37. The molecule has 4 nitrogen and oxygen atoms in total. The van der Waals surface area contributed by atoms with E-state index in [1.807, 2.05) is 32.0 Å². The molecule has 1 N–H and O–H groups in total. The molecule has 0 aromatic heterocycles. The number of benzene rings is 2. The Kier molecular flexibility index (Phi) is 5.86. The van der Waals surface area contributed by atoms with Gasteiger partial charge in [-0.25, -0.2) is 0 Å². The number of carbonyl (C=O) groups is 2. The van der Waals surface area contributed by atoms with Crippen LogP contribution in [0.3, 0.4) is 0 Å². The van der Waals surface area contributed by atoms with Crippen LogP contribution in [0.15, 0.2) is 36.4 Å². The first kappa shape index (κ1) is 18.3. The zero-order chi connectivity index (χ0) is 17.9. The molecule has 0 aliphatic carbocycles. The summed E-state index contributed by atoms with van der Waals surface area (Å²) in [4.78, 5) is 25.7. The summed E-state index contributed by atoms with van der Waals surface area (Å²) in [6.07, 6.45) is 0. The van der Waals surface area contributed by atoms with E-state index in [9.17, 15) is 9.59 Å². The first-order chi connectivity index (χ1) is 11.3. The predicted molar refractivity (Wildman–Crippen MR) is 99.0 cm³/mol. The van der Waals surface area contributed by atoms with Crippen molar-refractivity contribution in [2.75, 3.05) is 16.8 Å². The largest absolute Gasteiger partial charge is 0.324 e. The van der Waals surface area contributed by atoms with Crippen molar-refractivity contribution in [3.8, 4) is 0 Å². The van der Waals surface area contributed by atoms with Gasteiger partial charge in [0, 0.05) is 18.3 Å². The van der Waals surface area contributed by atoms with Gasteiger partial charge in [0.05, 0.1) is 10.0 Å². The summed E-state index contributed by atoms with van der Waals surface area (Å²) in [6.45, 7) is 5.25. The molecule has 0 spiro atoms. The lowest BCUT2D eigenvalue weighted by molar-refractivity contribution is -0.120. The van der Waals surface area contributed by atoms with Gasteiger partial charge in [0.2, 0.25) is 11.8 Å². The first-order valence-corrected chi connectivity index (χ1v) is 8.13. The quantitative estimate of drug-likeness (QED) is 0.861. The highest BCUT2D eigenvalue weighted by Crippen LogP contribution is 2.25. The molecule has 0 radical (unpaired) electrons. The number of carbonyl (C=O) groups excluding carboxylic acids is 2. The van der Waals surface area contributed by atoms with Crippen molar-refractivity contribution in [3.05, 3.63) is 57.6 Å². The minimum Gasteiger partial charge on any atom is -0.324 e. The number of hydrogen-bond acceptors (Lipinski definition) is 2. The van der Waals surface area contributed by atoms with Crippen molar-refractivity contribution < 1.29 is 9.59 Å². The van der Waals surface area contributed by atoms with Crippen LogP contribution in [0.25, 0.3) is 0 Å². The second-order valence-electron chi connectivity index (χ2n) is 5.63. The van der Waals surface area contributed by atoms with E-state index in [0.29, 0.717) is 21.4 Å². The van der Waals surface area contributed by atoms with E-state index in [0.717, 1.165) is 11.1 Å². The molecule has 0 aliphatic rings. The third-order valence-electron chi connectivity index (χ3n) is 3.40. The standard InChI is InChI=1S/C18H18Cl2N2O2/c1-11-6-12(2)8-15(7-11)22(13(3)23)10-18(24)21-14-4-5-16(19)17(20)9-14/h4-9H,10H2,1-3H3,(H,21,24). The Morgan fingerprint density at radius 2 is 1.62 bits per heavy atom. The predicted octanol–water partition coefficient (Wildman–Crippen LogP) is 4.60. The molecule has 126 valence electrons. The van der Waals surface area contributed by atoms with Crippen LogP contribution in [-0.2, 0) is 9.59 Å². The summed E-state index contributed by atoms with van der Waals surface area (Å²) in [5.74, 6) is -0.521. The maximum atomic E-state index is 12.3. The van der Waals surface area contributed by atoms with Gasteiger partial charge in [-0.2, -0.15) is 0 Å². The highest BCUT2D eigenvalue weighted by molar-refractivity contribution is 6.42. The van der Waals surface area contributed by atoms with Crippen LogP contribution in [0.4, 0.5) is 11.4 Å². The molecule has 0 heterocycles. The van der Waals surface area contributed by atoms with Crippen molar-refractivity contribution in [3.63, 3.8) is 0 Å². The fraction of sp³-hybridized carbons (Fsp3) is 0.222. The molecule has 0 bridgehead atoms. The summed E-state index contributed by atoms with van der Waals surface area (Å²) in [7, 11) is 0. The Morgan fingerprint density at radius 3 is 2.17 bits per heavy atom. The third-order valence-corrected chi connectivity index (χ3v) is 4.14. The number of anilines is 2. The number of rotatable bonds is 4. The fourth-order valence-corrected chi connectivity index (χ4v) is 2.71. The number of amides is 2. The molecule has 2 aromatic rings. The number of nitrogens with zero attached hydrogens (tertiary/aromatic N) is 1. The smallest absolute Gasteiger partial charge is 0.244 e. The van der Waals surface area contributed by atoms with Crippen LogP contribution in [0, 0.1) is 13.8 Å². The molecule has 0 aliphatic heterocycles. The lowest BCUT2D eigenvalue weighted by atomic mass is 10.1. The van der Waals surface area contributed by atoms with Gasteiger partial charge in [0.1, 0.15) is 6.54 Å². The molecule has 0 saturated carbocycles. The van der Waals surface area contributed by atoms with Crippen molar-refractivity contribution >= 4 is 46.4 Å². The molecular weight excluding hydrogens is 347 g/mol. The average molecular weight is 365 g/mol. The topological polar surface area (TPSA) is 49.4 Å². The van der Waals surface area contributed by atoms with E-state index < -0.39 is 0 Å². The van der Waals surface area contributed by atoms with Gasteiger partial charge in [-0.15, -0.1) is 0 Å². The van der Waals surface area contributed by atoms with E-state index in [1.165, 1.54) is 11.8 Å². The molecular formula is C18H18Cl2N2O2. The lowest BCUT2D eigenvalue weighted by Crippen LogP contribution is -2.36. The van der Waals surface area contributed by atoms with Gasteiger partial charge in [0.25, 0.3) is 0 Å². The second-order valence-corrected chi connectivity index (χ2v) is 6.44. The zero-order valence-corrected chi connectivity index (χ0v) is 15.2. The molecule has 2 amide bonds. The molecule has 0 unspecified atom stereocenters. The van der Waals surface area contributed by atoms with Gasteiger partial charge < -0.3 is 10.2 Å². The SMILES string of the molecule is CC(=O)N(CC(=O)Nc1ccc(Cl)c(Cl)c1)c1cc(C)cc(C)c1. The van der Waals surface area contributed by atoms with Crippen LogP contribution < -0.4 is 10.2 Å². The van der Waals surface area contributed by atoms with E-state index in [4.69, 9.17) is 23.2 Å². The summed E-state index contributed by atoms with van der Waals surface area (Å²) in [5, 5.41) is 3.48. The normalized spacial score (nSPS) is 10.4. The third kappa shape index (κ3) is 4.73. The number of halogens is 2. The van der Waals surface area contributed by atoms with Crippen LogP contribution in [-0.4, -0.2) is 18.4 Å². The number of hydrogen-bond donors (Lipinski definition) is 1. The minimum absolute atomic E-state index is 0.0848. The van der Waals surface area contributed by atoms with Crippen molar-refractivity contribution in [1.82, 2.24) is 0 Å². The maximum absolute atomic E-state index is 12.3. The van der Waals surface area contributed by atoms with Gasteiger partial charge >= 0.3 is 0 Å². The average Bonchev–Trinajstić information content (AvgIpc) is 2.47. The Morgan fingerprint density at radius 1 is 1.00 bits per heavy atom. The van der Waals surface area contributed by atoms with Crippen molar-refractivity contribution in [2.24, 2.45) is 0 Å². The second kappa shape index (κ2) is 7.69. The van der Waals surface area contributed by atoms with Crippen LogP contribution in [0.5, 0.6) is 0 Å². The molecule has 6 heteroatoms. The van der Waals surface area contributed by atoms with Gasteiger partial charge in [0.15, 0.2) is 0 Å². The summed E-state index contributed by atoms with van der Waals surface area (Å²) < 4.78 is 0. The highest BCUT2D eigenvalue weighted by Gasteiger charge is 2.16. The van der Waals surface area contributed by atoms with E-state index in [-0.39, 0.29) is 18.4 Å². The van der Waals surface area contributed by atoms with Crippen LogP contribution >= 0.6 is 23.2 Å². The zero-order valence-electron chi connectivity index (χ0n) is 13.7. The molecule has 2 rings (SSSR count). The molecule has 24 heavy (non-hydrogen) atoms. The Labute approximate surface area is 151 Å². The van der Waals surface area contributed by atoms with E-state index in [1.54, 1.807) is 18.2 Å². The highest BCUT2D eigenvalue weighted by atomic mass is 35.5. The molecule has 0 atom stereocenters. The Bertz CT molecular complexity index is 770. The molecule has 2 aromatic carbocycles. The maximum Gasteiger partial charge on any atom is 0.244 e. The van der Waals surface area contributed by atoms with Crippen LogP contribution in [0.1, 0.15) is 18.1 Å². The van der Waals surface area contributed by atoms with Gasteiger partial charge in [-0.05, 0) is 55.3 Å². The fourth-order valence-electron chi connectivity index (χ4n) is 2.41.